The van der Waals surface area contributed by atoms with Crippen LogP contribution in [0.15, 0.2) is 16.8 Å². The molecule has 2 aromatic heterocycles. The van der Waals surface area contributed by atoms with E-state index in [0.29, 0.717) is 18.2 Å². The molecule has 0 aromatic carbocycles. The number of unbranched alkanes of at least 4 members (excludes halogenated alkanes) is 3. The monoisotopic (exact) mass is 405 g/mol. The van der Waals surface area contributed by atoms with Crippen LogP contribution >= 0.6 is 0 Å². The maximum absolute atomic E-state index is 12.1. The van der Waals surface area contributed by atoms with Gasteiger partial charge in [0.15, 0.2) is 0 Å². The van der Waals surface area contributed by atoms with Crippen LogP contribution in [0.2, 0.25) is 0 Å². The number of carbonyl (C=O) groups is 1. The Kier molecular flexibility index (Phi) is 8.22. The summed E-state index contributed by atoms with van der Waals surface area (Å²) in [7, 11) is 0. The minimum Gasteiger partial charge on any atom is -0.444 e. The number of alkyl carbamates (subject to hydrolysis) is 1. The normalized spacial score (nSPS) is 12.9. The topological polar surface area (TPSA) is 95.1 Å². The summed E-state index contributed by atoms with van der Waals surface area (Å²) in [5.41, 5.74) is 0.432. The lowest BCUT2D eigenvalue weighted by Gasteiger charge is -2.24. The number of aryl methyl sites for hydroxylation is 1. The fraction of sp³-hybridized carbons (Fsp3) is 0.714. The molecule has 0 fully saturated rings. The van der Waals surface area contributed by atoms with Crippen LogP contribution in [0.4, 0.5) is 4.79 Å². The van der Waals surface area contributed by atoms with E-state index >= 15 is 0 Å². The first-order chi connectivity index (χ1) is 13.7. The molecular formula is C21H35N5O3. The van der Waals surface area contributed by atoms with Gasteiger partial charge >= 0.3 is 6.09 Å². The van der Waals surface area contributed by atoms with E-state index in [-0.39, 0.29) is 12.0 Å². The Morgan fingerprint density at radius 3 is 2.69 bits per heavy atom. The summed E-state index contributed by atoms with van der Waals surface area (Å²) in [4.78, 5) is 16.5. The van der Waals surface area contributed by atoms with Crippen LogP contribution < -0.4 is 5.32 Å². The zero-order valence-corrected chi connectivity index (χ0v) is 18.6. The predicted molar refractivity (Wildman–Crippen MR) is 110 cm³/mol. The Hall–Kier alpha value is -2.38. The maximum atomic E-state index is 12.1. The summed E-state index contributed by atoms with van der Waals surface area (Å²) < 4.78 is 13.0. The summed E-state index contributed by atoms with van der Waals surface area (Å²) >= 11 is 0. The molecule has 0 radical (unpaired) electrons. The van der Waals surface area contributed by atoms with Crippen molar-refractivity contribution in [1.82, 2.24) is 25.3 Å². The Labute approximate surface area is 173 Å². The fourth-order valence-electron chi connectivity index (χ4n) is 2.91. The highest BCUT2D eigenvalue weighted by Crippen LogP contribution is 2.22. The lowest BCUT2D eigenvalue weighted by Crippen LogP contribution is -2.37. The smallest absolute Gasteiger partial charge is 0.408 e. The van der Waals surface area contributed by atoms with Crippen molar-refractivity contribution >= 4 is 6.09 Å². The third-order valence-electron chi connectivity index (χ3n) is 4.37. The second-order valence-corrected chi connectivity index (χ2v) is 8.75. The first-order valence-electron chi connectivity index (χ1n) is 10.5. The van der Waals surface area contributed by atoms with Crippen molar-refractivity contribution in [2.75, 3.05) is 0 Å². The highest BCUT2D eigenvalue weighted by Gasteiger charge is 2.26. The number of hydrogen-bond donors (Lipinski definition) is 1. The zero-order valence-electron chi connectivity index (χ0n) is 18.6. The highest BCUT2D eigenvalue weighted by atomic mass is 16.6. The van der Waals surface area contributed by atoms with Crippen LogP contribution in [0.25, 0.3) is 0 Å². The van der Waals surface area contributed by atoms with Crippen molar-refractivity contribution in [2.45, 2.75) is 91.8 Å². The number of ether oxygens (including phenoxy) is 1. The third-order valence-corrected chi connectivity index (χ3v) is 4.37. The third kappa shape index (κ3) is 7.87. The van der Waals surface area contributed by atoms with Gasteiger partial charge in [-0.15, -0.1) is 5.10 Å². The molecule has 0 aliphatic heterocycles. The van der Waals surface area contributed by atoms with Crippen LogP contribution in [0.3, 0.4) is 0 Å². The molecule has 0 saturated heterocycles. The van der Waals surface area contributed by atoms with Gasteiger partial charge in [0.1, 0.15) is 23.9 Å². The van der Waals surface area contributed by atoms with Crippen molar-refractivity contribution in [3.8, 4) is 0 Å². The number of nitrogens with zero attached hydrogens (tertiary/aromatic N) is 4. The Morgan fingerprint density at radius 1 is 1.28 bits per heavy atom. The largest absolute Gasteiger partial charge is 0.444 e. The molecule has 2 rings (SSSR count). The second kappa shape index (κ2) is 10.4. The van der Waals surface area contributed by atoms with Gasteiger partial charge in [-0.1, -0.05) is 45.2 Å². The van der Waals surface area contributed by atoms with Crippen LogP contribution in [0.5, 0.6) is 0 Å². The standard InChI is InChI=1S/C21H35N5O3/c1-7-8-9-10-11-16-13-26(25-24-16)14-17-12-22-19(28-17)18(15(2)3)23-20(27)29-21(4,5)6/h12-13,15,18H,7-11,14H2,1-6H3,(H,23,27)/t18-/m0/s1. The van der Waals surface area contributed by atoms with Crippen LogP contribution in [-0.4, -0.2) is 31.7 Å². The number of hydrogen-bond acceptors (Lipinski definition) is 6. The quantitative estimate of drug-likeness (QED) is 0.578. The number of aromatic nitrogens is 4. The van der Waals surface area contributed by atoms with Crippen LogP contribution in [-0.2, 0) is 17.7 Å². The van der Waals surface area contributed by atoms with E-state index in [1.807, 2.05) is 40.8 Å². The minimum atomic E-state index is -0.561. The van der Waals surface area contributed by atoms with Gasteiger partial charge in [0.25, 0.3) is 0 Å². The summed E-state index contributed by atoms with van der Waals surface area (Å²) in [6.07, 6.45) is 8.90. The van der Waals surface area contributed by atoms with Gasteiger partial charge in [0.2, 0.25) is 5.89 Å². The molecule has 8 heteroatoms. The van der Waals surface area contributed by atoms with Crippen molar-refractivity contribution < 1.29 is 13.9 Å². The van der Waals surface area contributed by atoms with Crippen molar-refractivity contribution in [2.24, 2.45) is 5.92 Å². The van der Waals surface area contributed by atoms with E-state index in [0.717, 1.165) is 18.5 Å². The van der Waals surface area contributed by atoms with E-state index in [4.69, 9.17) is 9.15 Å². The van der Waals surface area contributed by atoms with Gasteiger partial charge in [-0.05, 0) is 39.5 Å². The average molecular weight is 406 g/mol. The average Bonchev–Trinajstić information content (AvgIpc) is 3.25. The van der Waals surface area contributed by atoms with E-state index in [1.54, 1.807) is 10.9 Å². The zero-order chi connectivity index (χ0) is 21.4. The number of carbonyl (C=O) groups excluding carboxylic acids is 1. The lowest BCUT2D eigenvalue weighted by molar-refractivity contribution is 0.0478. The number of oxazole rings is 1. The van der Waals surface area contributed by atoms with E-state index in [9.17, 15) is 4.79 Å². The van der Waals surface area contributed by atoms with Crippen molar-refractivity contribution in [1.29, 1.82) is 0 Å². The maximum Gasteiger partial charge on any atom is 0.408 e. The number of amides is 1. The van der Waals surface area contributed by atoms with Gasteiger partial charge in [0, 0.05) is 6.20 Å². The molecule has 1 atom stereocenters. The molecular weight excluding hydrogens is 370 g/mol. The molecule has 0 saturated carbocycles. The second-order valence-electron chi connectivity index (χ2n) is 8.75. The lowest BCUT2D eigenvalue weighted by atomic mass is 10.1. The number of nitrogens with one attached hydrogen (secondary N) is 1. The molecule has 8 nitrogen and oxygen atoms in total. The van der Waals surface area contributed by atoms with Crippen molar-refractivity contribution in [3.05, 3.63) is 29.7 Å². The van der Waals surface area contributed by atoms with Crippen molar-refractivity contribution in [3.63, 3.8) is 0 Å². The summed E-state index contributed by atoms with van der Waals surface area (Å²) in [6, 6.07) is -0.372. The number of rotatable bonds is 10. The van der Waals surface area contributed by atoms with E-state index in [1.165, 1.54) is 19.3 Å². The van der Waals surface area contributed by atoms with E-state index < -0.39 is 11.7 Å². The first kappa shape index (κ1) is 22.9. The van der Waals surface area contributed by atoms with Crippen LogP contribution in [0, 0.1) is 5.92 Å². The molecule has 0 aliphatic carbocycles. The van der Waals surface area contributed by atoms with Gasteiger partial charge < -0.3 is 14.5 Å². The van der Waals surface area contributed by atoms with Gasteiger partial charge in [-0.25, -0.2) is 14.5 Å². The first-order valence-corrected chi connectivity index (χ1v) is 10.5. The van der Waals surface area contributed by atoms with Gasteiger partial charge in [-0.2, -0.15) is 0 Å². The molecule has 0 spiro atoms. The molecule has 0 aliphatic rings. The summed E-state index contributed by atoms with van der Waals surface area (Å²) in [5, 5.41) is 11.3. The summed E-state index contributed by atoms with van der Waals surface area (Å²) in [5.74, 6) is 1.22. The van der Waals surface area contributed by atoms with E-state index in [2.05, 4.69) is 27.5 Å². The Balaban J connectivity index is 1.96. The molecule has 162 valence electrons. The van der Waals surface area contributed by atoms with Crippen LogP contribution in [0.1, 0.15) is 90.6 Å². The molecule has 29 heavy (non-hydrogen) atoms. The Bertz CT molecular complexity index is 760. The molecule has 1 N–H and O–H groups in total. The molecule has 0 bridgehead atoms. The molecule has 1 amide bonds. The predicted octanol–water partition coefficient (Wildman–Crippen LogP) is 4.66. The highest BCUT2D eigenvalue weighted by molar-refractivity contribution is 5.68. The van der Waals surface area contributed by atoms with Gasteiger partial charge in [-0.3, -0.25) is 0 Å². The molecule has 0 unspecified atom stereocenters. The molecule has 2 aromatic rings. The van der Waals surface area contributed by atoms with Gasteiger partial charge in [0.05, 0.1) is 11.9 Å². The fourth-order valence-corrected chi connectivity index (χ4v) is 2.91. The Morgan fingerprint density at radius 2 is 2.03 bits per heavy atom. The summed E-state index contributed by atoms with van der Waals surface area (Å²) in [6.45, 7) is 12.1. The SMILES string of the molecule is CCCCCCc1cn(Cc2cnc([C@@H](NC(=O)OC(C)(C)C)C(C)C)o2)nn1. The minimum absolute atomic E-state index is 0.0927. The molecule has 2 heterocycles.